The molecule has 0 bridgehead atoms. The molecule has 1 fully saturated rings. The second-order valence-electron chi connectivity index (χ2n) is 7.04. The molecule has 1 aliphatic heterocycles. The Hall–Kier alpha value is -2.17. The SMILES string of the molecule is O=c1ccc(CC2CCN(c3ncc4c(n3)CCCC4)CC2)c[nH]1. The first-order chi connectivity index (χ1) is 11.8. The highest BCUT2D eigenvalue weighted by Crippen LogP contribution is 2.25. The van der Waals surface area contributed by atoms with Crippen LogP contribution in [0.15, 0.2) is 29.3 Å². The van der Waals surface area contributed by atoms with E-state index in [0.717, 1.165) is 51.1 Å². The Labute approximate surface area is 142 Å². The molecule has 0 aromatic carbocycles. The fourth-order valence-electron chi connectivity index (χ4n) is 3.86. The van der Waals surface area contributed by atoms with Crippen molar-refractivity contribution in [2.24, 2.45) is 5.92 Å². The van der Waals surface area contributed by atoms with Gasteiger partial charge < -0.3 is 9.88 Å². The Bertz CT molecular complexity index is 742. The topological polar surface area (TPSA) is 61.9 Å². The van der Waals surface area contributed by atoms with Gasteiger partial charge in [-0.1, -0.05) is 6.07 Å². The average Bonchev–Trinajstić information content (AvgIpc) is 2.64. The van der Waals surface area contributed by atoms with Gasteiger partial charge in [0.1, 0.15) is 0 Å². The van der Waals surface area contributed by atoms with Crippen LogP contribution < -0.4 is 10.5 Å². The smallest absolute Gasteiger partial charge is 0.247 e. The third kappa shape index (κ3) is 3.35. The second kappa shape index (κ2) is 6.75. The van der Waals surface area contributed by atoms with Gasteiger partial charge in [0.2, 0.25) is 11.5 Å². The third-order valence-corrected chi connectivity index (χ3v) is 5.32. The Morgan fingerprint density at radius 3 is 2.79 bits per heavy atom. The standard InChI is InChI=1S/C19H24N4O/c24-18-6-5-15(12-20-18)11-14-7-9-23(10-8-14)19-21-13-16-3-1-2-4-17(16)22-19/h5-6,12-14H,1-4,7-11H2,(H,20,24). The molecule has 0 radical (unpaired) electrons. The number of aromatic amines is 1. The number of nitrogens with one attached hydrogen (secondary N) is 1. The number of anilines is 1. The molecule has 5 heteroatoms. The Morgan fingerprint density at radius 1 is 1.17 bits per heavy atom. The van der Waals surface area contributed by atoms with Gasteiger partial charge in [0.25, 0.3) is 0 Å². The van der Waals surface area contributed by atoms with Crippen molar-refractivity contribution < 1.29 is 0 Å². The van der Waals surface area contributed by atoms with Gasteiger partial charge in [-0.3, -0.25) is 4.79 Å². The van der Waals surface area contributed by atoms with Crippen molar-refractivity contribution in [2.75, 3.05) is 18.0 Å². The summed E-state index contributed by atoms with van der Waals surface area (Å²) < 4.78 is 0. The van der Waals surface area contributed by atoms with E-state index in [1.807, 2.05) is 18.5 Å². The second-order valence-corrected chi connectivity index (χ2v) is 7.04. The van der Waals surface area contributed by atoms with E-state index < -0.39 is 0 Å². The molecule has 2 aromatic heterocycles. The number of piperidine rings is 1. The monoisotopic (exact) mass is 324 g/mol. The number of hydrogen-bond acceptors (Lipinski definition) is 4. The molecular formula is C19H24N4O. The van der Waals surface area contributed by atoms with Crippen LogP contribution in [0.25, 0.3) is 0 Å². The summed E-state index contributed by atoms with van der Waals surface area (Å²) in [4.78, 5) is 25.7. The van der Waals surface area contributed by atoms with Gasteiger partial charge in [-0.15, -0.1) is 0 Å². The molecule has 4 rings (SSSR count). The maximum Gasteiger partial charge on any atom is 0.247 e. The normalized spacial score (nSPS) is 18.4. The zero-order valence-corrected chi connectivity index (χ0v) is 14.0. The van der Waals surface area contributed by atoms with E-state index in [1.165, 1.54) is 29.7 Å². The molecule has 1 N–H and O–H groups in total. The summed E-state index contributed by atoms with van der Waals surface area (Å²) in [7, 11) is 0. The van der Waals surface area contributed by atoms with E-state index in [9.17, 15) is 4.79 Å². The summed E-state index contributed by atoms with van der Waals surface area (Å²) >= 11 is 0. The molecule has 3 heterocycles. The zero-order valence-electron chi connectivity index (χ0n) is 14.0. The van der Waals surface area contributed by atoms with Crippen molar-refractivity contribution in [2.45, 2.75) is 44.9 Å². The Morgan fingerprint density at radius 2 is 2.00 bits per heavy atom. The molecule has 0 unspecified atom stereocenters. The summed E-state index contributed by atoms with van der Waals surface area (Å²) in [6, 6.07) is 3.56. The number of hydrogen-bond donors (Lipinski definition) is 1. The van der Waals surface area contributed by atoms with Crippen molar-refractivity contribution in [1.29, 1.82) is 0 Å². The van der Waals surface area contributed by atoms with Crippen LogP contribution in [0.1, 0.15) is 42.5 Å². The van der Waals surface area contributed by atoms with E-state index >= 15 is 0 Å². The lowest BCUT2D eigenvalue weighted by atomic mass is 9.91. The van der Waals surface area contributed by atoms with E-state index in [2.05, 4.69) is 14.9 Å². The number of rotatable bonds is 3. The van der Waals surface area contributed by atoms with Crippen molar-refractivity contribution in [3.8, 4) is 0 Å². The molecule has 0 saturated carbocycles. The predicted molar refractivity (Wildman–Crippen MR) is 94.4 cm³/mol. The van der Waals surface area contributed by atoms with Crippen molar-refractivity contribution in [3.05, 3.63) is 51.7 Å². The van der Waals surface area contributed by atoms with Gasteiger partial charge in [0.15, 0.2) is 0 Å². The quantitative estimate of drug-likeness (QED) is 0.942. The fourth-order valence-corrected chi connectivity index (χ4v) is 3.86. The summed E-state index contributed by atoms with van der Waals surface area (Å²) in [5.41, 5.74) is 3.80. The number of H-pyrrole nitrogens is 1. The number of pyridine rings is 1. The van der Waals surface area contributed by atoms with Gasteiger partial charge in [-0.25, -0.2) is 9.97 Å². The molecule has 2 aromatic rings. The number of fused-ring (bicyclic) bond motifs is 1. The molecule has 0 amide bonds. The predicted octanol–water partition coefficient (Wildman–Crippen LogP) is 2.50. The minimum atomic E-state index is -0.0295. The largest absolute Gasteiger partial charge is 0.341 e. The van der Waals surface area contributed by atoms with Crippen molar-refractivity contribution >= 4 is 5.95 Å². The number of aromatic nitrogens is 3. The first kappa shape index (κ1) is 15.4. The lowest BCUT2D eigenvalue weighted by Gasteiger charge is -2.32. The van der Waals surface area contributed by atoms with E-state index in [-0.39, 0.29) is 5.56 Å². The average molecular weight is 324 g/mol. The molecule has 126 valence electrons. The summed E-state index contributed by atoms with van der Waals surface area (Å²) in [6.45, 7) is 2.04. The van der Waals surface area contributed by atoms with Gasteiger partial charge in [0, 0.05) is 37.2 Å². The van der Waals surface area contributed by atoms with Crippen LogP contribution in [0, 0.1) is 5.92 Å². The number of nitrogens with zero attached hydrogens (tertiary/aromatic N) is 3. The Balaban J connectivity index is 1.37. The lowest BCUT2D eigenvalue weighted by molar-refractivity contribution is 0.400. The van der Waals surface area contributed by atoms with Crippen LogP contribution in [0.2, 0.25) is 0 Å². The van der Waals surface area contributed by atoms with Crippen LogP contribution in [0.4, 0.5) is 5.95 Å². The third-order valence-electron chi connectivity index (χ3n) is 5.32. The molecule has 0 spiro atoms. The van der Waals surface area contributed by atoms with Crippen molar-refractivity contribution in [3.63, 3.8) is 0 Å². The van der Waals surface area contributed by atoms with Gasteiger partial charge >= 0.3 is 0 Å². The number of aryl methyl sites for hydroxylation is 2. The summed E-state index contributed by atoms with van der Waals surface area (Å²) in [5, 5.41) is 0. The first-order valence-electron chi connectivity index (χ1n) is 9.05. The molecular weight excluding hydrogens is 300 g/mol. The van der Waals surface area contributed by atoms with Crippen LogP contribution >= 0.6 is 0 Å². The highest BCUT2D eigenvalue weighted by molar-refractivity contribution is 5.34. The van der Waals surface area contributed by atoms with Gasteiger partial charge in [-0.05, 0) is 62.0 Å². The van der Waals surface area contributed by atoms with Crippen LogP contribution in [-0.2, 0) is 19.3 Å². The van der Waals surface area contributed by atoms with Crippen LogP contribution in [0.3, 0.4) is 0 Å². The summed E-state index contributed by atoms with van der Waals surface area (Å²) in [6.07, 6.45) is 12.0. The molecule has 0 atom stereocenters. The maximum atomic E-state index is 11.1. The molecule has 1 saturated heterocycles. The van der Waals surface area contributed by atoms with Crippen LogP contribution in [-0.4, -0.2) is 28.0 Å². The van der Waals surface area contributed by atoms with Crippen LogP contribution in [0.5, 0.6) is 0 Å². The van der Waals surface area contributed by atoms with E-state index in [4.69, 9.17) is 4.98 Å². The molecule has 1 aliphatic carbocycles. The Kier molecular flexibility index (Phi) is 4.32. The fraction of sp³-hybridized carbons (Fsp3) is 0.526. The first-order valence-corrected chi connectivity index (χ1v) is 9.05. The molecule has 5 nitrogen and oxygen atoms in total. The minimum absolute atomic E-state index is 0.0295. The highest BCUT2D eigenvalue weighted by atomic mass is 16.1. The summed E-state index contributed by atoms with van der Waals surface area (Å²) in [5.74, 6) is 1.59. The zero-order chi connectivity index (χ0) is 16.4. The molecule has 2 aliphatic rings. The van der Waals surface area contributed by atoms with E-state index in [0.29, 0.717) is 5.92 Å². The van der Waals surface area contributed by atoms with Gasteiger partial charge in [0.05, 0.1) is 0 Å². The van der Waals surface area contributed by atoms with E-state index in [1.54, 1.807) is 6.07 Å². The lowest BCUT2D eigenvalue weighted by Crippen LogP contribution is -2.35. The molecule has 24 heavy (non-hydrogen) atoms. The minimum Gasteiger partial charge on any atom is -0.341 e. The van der Waals surface area contributed by atoms with Gasteiger partial charge in [-0.2, -0.15) is 0 Å². The van der Waals surface area contributed by atoms with Crippen molar-refractivity contribution in [1.82, 2.24) is 15.0 Å². The highest BCUT2D eigenvalue weighted by Gasteiger charge is 2.22. The maximum absolute atomic E-state index is 11.1.